The maximum Gasteiger partial charge on any atom is 0.167 e. The van der Waals surface area contributed by atoms with Crippen LogP contribution in [-0.2, 0) is 24.0 Å². The number of fused-ring (bicyclic) bond motifs is 3. The summed E-state index contributed by atoms with van der Waals surface area (Å²) in [7, 11) is 0. The first-order valence-electron chi connectivity index (χ1n) is 12.3. The number of hydrogen-bond acceptors (Lipinski definition) is 1. The average Bonchev–Trinajstić information content (AvgIpc) is 2.85. The summed E-state index contributed by atoms with van der Waals surface area (Å²) in [5.41, 5.74) is 3.02. The fraction of sp³-hybridized carbons (Fsp3) is 0.500. The fourth-order valence-electron chi connectivity index (χ4n) is 6.03. The van der Waals surface area contributed by atoms with Crippen LogP contribution < -0.4 is 0 Å². The van der Waals surface area contributed by atoms with Crippen molar-refractivity contribution in [3.8, 4) is 11.1 Å². The van der Waals surface area contributed by atoms with Gasteiger partial charge in [0.05, 0.1) is 13.2 Å². The molecule has 1 aliphatic heterocycles. The molecule has 0 N–H and O–H groups in total. The lowest BCUT2D eigenvalue weighted by atomic mass is 9.74. The molecule has 2 aromatic carbocycles. The van der Waals surface area contributed by atoms with Gasteiger partial charge in [0.1, 0.15) is 0 Å². The number of aryl methyl sites for hydroxylation is 3. The second-order valence-electron chi connectivity index (χ2n) is 9.74. The Morgan fingerprint density at radius 1 is 0.818 bits per heavy atom. The van der Waals surface area contributed by atoms with Crippen molar-refractivity contribution in [3.05, 3.63) is 69.3 Å². The second kappa shape index (κ2) is 9.25. The summed E-state index contributed by atoms with van der Waals surface area (Å²) in [4.78, 5) is 0. The molecule has 5 heteroatoms. The van der Waals surface area contributed by atoms with Crippen molar-refractivity contribution >= 4 is 0 Å². The first-order chi connectivity index (χ1) is 16.0. The molecule has 0 atom stereocenters. The normalized spacial score (nSPS) is 22.5. The van der Waals surface area contributed by atoms with Gasteiger partial charge < -0.3 is 4.74 Å². The maximum absolute atomic E-state index is 15.4. The van der Waals surface area contributed by atoms with E-state index in [1.165, 1.54) is 5.57 Å². The molecule has 33 heavy (non-hydrogen) atoms. The minimum absolute atomic E-state index is 0.0546. The van der Waals surface area contributed by atoms with E-state index in [0.29, 0.717) is 60.5 Å². The van der Waals surface area contributed by atoms with Crippen LogP contribution in [0.4, 0.5) is 17.6 Å². The number of rotatable bonds is 4. The lowest BCUT2D eigenvalue weighted by Crippen LogP contribution is -2.21. The third-order valence-electron chi connectivity index (χ3n) is 7.74. The van der Waals surface area contributed by atoms with E-state index in [4.69, 9.17) is 4.74 Å². The van der Waals surface area contributed by atoms with Gasteiger partial charge in [0, 0.05) is 11.1 Å². The first-order valence-corrected chi connectivity index (χ1v) is 12.3. The molecule has 0 spiro atoms. The van der Waals surface area contributed by atoms with Crippen molar-refractivity contribution in [3.63, 3.8) is 0 Å². The second-order valence-corrected chi connectivity index (χ2v) is 9.74. The van der Waals surface area contributed by atoms with Crippen LogP contribution >= 0.6 is 0 Å². The predicted octanol–water partition coefficient (Wildman–Crippen LogP) is 7.58. The molecule has 3 aliphatic rings. The van der Waals surface area contributed by atoms with Gasteiger partial charge in [0.25, 0.3) is 0 Å². The molecule has 1 heterocycles. The zero-order valence-electron chi connectivity index (χ0n) is 19.1. The van der Waals surface area contributed by atoms with Gasteiger partial charge in [-0.2, -0.15) is 0 Å². The molecule has 0 aromatic heterocycles. The molecule has 0 amide bonds. The van der Waals surface area contributed by atoms with Crippen LogP contribution in [0, 0.1) is 29.2 Å². The summed E-state index contributed by atoms with van der Waals surface area (Å²) < 4.78 is 66.0. The van der Waals surface area contributed by atoms with E-state index in [0.717, 1.165) is 38.7 Å². The zero-order chi connectivity index (χ0) is 23.1. The third kappa shape index (κ3) is 4.03. The van der Waals surface area contributed by atoms with Crippen molar-refractivity contribution in [1.29, 1.82) is 0 Å². The highest BCUT2D eigenvalue weighted by Gasteiger charge is 2.33. The minimum Gasteiger partial charge on any atom is -0.377 e. The topological polar surface area (TPSA) is 9.23 Å². The fourth-order valence-corrected chi connectivity index (χ4v) is 6.03. The van der Waals surface area contributed by atoms with Crippen molar-refractivity contribution < 1.29 is 22.3 Å². The number of halogens is 4. The Morgan fingerprint density at radius 2 is 1.45 bits per heavy atom. The van der Waals surface area contributed by atoms with Crippen molar-refractivity contribution in [1.82, 2.24) is 0 Å². The molecular weight excluding hydrogens is 428 g/mol. The molecule has 2 aromatic rings. The molecule has 1 fully saturated rings. The lowest BCUT2D eigenvalue weighted by Gasteiger charge is -2.32. The van der Waals surface area contributed by atoms with Crippen LogP contribution in [0.15, 0.2) is 23.8 Å². The van der Waals surface area contributed by atoms with E-state index in [1.54, 1.807) is 12.1 Å². The number of benzene rings is 2. The van der Waals surface area contributed by atoms with Gasteiger partial charge in [0.15, 0.2) is 23.3 Å². The van der Waals surface area contributed by atoms with Crippen molar-refractivity contribution in [2.24, 2.45) is 5.92 Å². The van der Waals surface area contributed by atoms with Crippen LogP contribution in [0.5, 0.6) is 0 Å². The van der Waals surface area contributed by atoms with E-state index in [1.807, 2.05) is 6.92 Å². The largest absolute Gasteiger partial charge is 0.377 e. The molecule has 0 bridgehead atoms. The Labute approximate surface area is 192 Å². The molecule has 176 valence electrons. The molecule has 5 rings (SSSR count). The van der Waals surface area contributed by atoms with Gasteiger partial charge in [-0.15, -0.1) is 0 Å². The highest BCUT2D eigenvalue weighted by molar-refractivity contribution is 5.75. The minimum atomic E-state index is -1.05. The average molecular weight is 459 g/mol. The Bertz CT molecular complexity index is 1100. The molecule has 0 radical (unpaired) electrons. The van der Waals surface area contributed by atoms with Gasteiger partial charge in [-0.3, -0.25) is 0 Å². The van der Waals surface area contributed by atoms with Gasteiger partial charge in [-0.25, -0.2) is 17.6 Å². The van der Waals surface area contributed by atoms with Gasteiger partial charge in [-0.1, -0.05) is 31.6 Å². The Balaban J connectivity index is 1.46. The first kappa shape index (κ1) is 22.6. The highest BCUT2D eigenvalue weighted by atomic mass is 19.2. The van der Waals surface area contributed by atoms with Gasteiger partial charge in [-0.05, 0) is 91.0 Å². The molecular formula is C28H30F4O. The van der Waals surface area contributed by atoms with Crippen LogP contribution in [0.3, 0.4) is 0 Å². The highest BCUT2D eigenvalue weighted by Crippen LogP contribution is 2.45. The number of hydrogen-bond donors (Lipinski definition) is 0. The van der Waals surface area contributed by atoms with E-state index < -0.39 is 23.3 Å². The van der Waals surface area contributed by atoms with E-state index in [9.17, 15) is 4.39 Å². The zero-order valence-corrected chi connectivity index (χ0v) is 19.1. The summed E-state index contributed by atoms with van der Waals surface area (Å²) in [6, 6.07) is 3.36. The summed E-state index contributed by atoms with van der Waals surface area (Å²) in [5.74, 6) is -3.52. The smallest absolute Gasteiger partial charge is 0.167 e. The van der Waals surface area contributed by atoms with Crippen LogP contribution in [0.2, 0.25) is 0 Å². The molecule has 0 saturated heterocycles. The monoisotopic (exact) mass is 458 g/mol. The van der Waals surface area contributed by atoms with Gasteiger partial charge >= 0.3 is 0 Å². The SMILES string of the molecule is CCCc1cc2c(c(F)c1F)-c1c(cc(C3CCC(C4=CCCOC4)CC3)c(F)c1F)CC2. The molecule has 1 nitrogen and oxygen atoms in total. The standard InChI is InChI=1S/C28H30F4O/c1-2-4-20-13-18-10-11-19-14-22(26(30)28(32)24(19)23(18)27(31)25(20)29)17-8-6-16(7-9-17)21-5-3-12-33-15-21/h5,13-14,16-17H,2-4,6-12,15H2,1H3. The van der Waals surface area contributed by atoms with Crippen molar-refractivity contribution in [2.75, 3.05) is 13.2 Å². The van der Waals surface area contributed by atoms with Crippen LogP contribution in [-0.4, -0.2) is 13.2 Å². The maximum atomic E-state index is 15.4. The van der Waals surface area contributed by atoms with Crippen LogP contribution in [0.25, 0.3) is 11.1 Å². The predicted molar refractivity (Wildman–Crippen MR) is 121 cm³/mol. The number of ether oxygens (including phenoxy) is 1. The summed E-state index contributed by atoms with van der Waals surface area (Å²) >= 11 is 0. The molecule has 1 saturated carbocycles. The Kier molecular flexibility index (Phi) is 6.34. The Hall–Kier alpha value is -2.14. The van der Waals surface area contributed by atoms with Crippen molar-refractivity contribution in [2.45, 2.75) is 70.6 Å². The summed E-state index contributed by atoms with van der Waals surface area (Å²) in [6.45, 7) is 3.35. The third-order valence-corrected chi connectivity index (χ3v) is 7.74. The Morgan fingerprint density at radius 3 is 2.09 bits per heavy atom. The van der Waals surface area contributed by atoms with Gasteiger partial charge in [0.2, 0.25) is 0 Å². The van der Waals surface area contributed by atoms with E-state index in [2.05, 4.69) is 6.08 Å². The van der Waals surface area contributed by atoms with E-state index in [-0.39, 0.29) is 17.0 Å². The quantitative estimate of drug-likeness (QED) is 0.339. The van der Waals surface area contributed by atoms with E-state index >= 15 is 13.2 Å². The van der Waals surface area contributed by atoms with Crippen LogP contribution in [0.1, 0.15) is 73.6 Å². The summed E-state index contributed by atoms with van der Waals surface area (Å²) in [6.07, 6.45) is 8.76. The lowest BCUT2D eigenvalue weighted by molar-refractivity contribution is 0.138. The molecule has 2 aliphatic carbocycles. The molecule has 0 unspecified atom stereocenters. The summed E-state index contributed by atoms with van der Waals surface area (Å²) in [5, 5.41) is 0.